The average molecular weight is 240 g/mol. The molecule has 2 rings (SSSR count). The fraction of sp³-hybridized carbons (Fsp3) is 0.231. The number of hydrogen-bond donors (Lipinski definition) is 1. The lowest BCUT2D eigenvalue weighted by Crippen LogP contribution is -2.05. The number of aromatic hydroxyl groups is 1. The minimum atomic E-state index is -0.857. The van der Waals surface area contributed by atoms with Crippen LogP contribution in [-0.2, 0) is 0 Å². The number of hydrogen-bond acceptors (Lipinski definition) is 1. The molecule has 4 heteroatoms. The molecule has 0 aromatic heterocycles. The van der Waals surface area contributed by atoms with Crippen LogP contribution in [0.4, 0.5) is 13.2 Å². The molecule has 1 nitrogen and oxygen atoms in total. The van der Waals surface area contributed by atoms with Gasteiger partial charge in [0.15, 0.2) is 0 Å². The maximum absolute atomic E-state index is 13.5. The molecule has 1 aliphatic rings. The Hall–Kier alpha value is -1.71. The normalized spacial score (nSPS) is 19.9. The van der Waals surface area contributed by atoms with Gasteiger partial charge in [-0.05, 0) is 25.0 Å². The summed E-state index contributed by atoms with van der Waals surface area (Å²) in [6.07, 6.45) is 3.15. The van der Waals surface area contributed by atoms with Crippen LogP contribution in [0, 0.1) is 11.6 Å². The summed E-state index contributed by atoms with van der Waals surface area (Å²) in [6, 6.07) is 1.66. The smallest absolute Gasteiger partial charge is 0.133 e. The molecular formula is C13H11F3O. The molecule has 1 aliphatic carbocycles. The predicted octanol–water partition coefficient (Wildman–Crippen LogP) is 3.96. The quantitative estimate of drug-likeness (QED) is 0.787. The summed E-state index contributed by atoms with van der Waals surface area (Å²) in [7, 11) is 0. The Bertz CT molecular complexity index is 494. The topological polar surface area (TPSA) is 20.2 Å². The molecule has 90 valence electrons. The Balaban J connectivity index is 2.43. The molecule has 0 saturated heterocycles. The second-order valence-electron chi connectivity index (χ2n) is 4.07. The molecule has 1 unspecified atom stereocenters. The zero-order valence-electron chi connectivity index (χ0n) is 9.17. The summed E-state index contributed by atoms with van der Waals surface area (Å²) in [5, 5.41) is 9.03. The van der Waals surface area contributed by atoms with E-state index in [2.05, 4.69) is 0 Å². The SMILES string of the molecule is CC1=CCC(c2c(F)cc(O)cc2F)C=C1F. The van der Waals surface area contributed by atoms with E-state index >= 15 is 0 Å². The maximum atomic E-state index is 13.5. The molecule has 0 fully saturated rings. The van der Waals surface area contributed by atoms with E-state index in [-0.39, 0.29) is 5.56 Å². The van der Waals surface area contributed by atoms with Gasteiger partial charge in [-0.3, -0.25) is 0 Å². The van der Waals surface area contributed by atoms with Crippen LogP contribution in [-0.4, -0.2) is 5.11 Å². The first kappa shape index (κ1) is 11.8. The van der Waals surface area contributed by atoms with Gasteiger partial charge in [0, 0.05) is 23.6 Å². The summed E-state index contributed by atoms with van der Waals surface area (Å²) in [4.78, 5) is 0. The van der Waals surface area contributed by atoms with Gasteiger partial charge in [-0.1, -0.05) is 6.08 Å². The first-order valence-corrected chi connectivity index (χ1v) is 5.21. The van der Waals surface area contributed by atoms with E-state index in [1.165, 1.54) is 6.08 Å². The Labute approximate surface area is 96.9 Å². The monoisotopic (exact) mass is 240 g/mol. The van der Waals surface area contributed by atoms with Crippen molar-refractivity contribution in [1.82, 2.24) is 0 Å². The molecule has 0 saturated carbocycles. The second-order valence-corrected chi connectivity index (χ2v) is 4.07. The van der Waals surface area contributed by atoms with Crippen LogP contribution in [0.2, 0.25) is 0 Å². The summed E-state index contributed by atoms with van der Waals surface area (Å²) in [5.74, 6) is -3.32. The maximum Gasteiger partial charge on any atom is 0.133 e. The largest absolute Gasteiger partial charge is 0.508 e. The molecule has 1 atom stereocenters. The Kier molecular flexibility index (Phi) is 2.96. The average Bonchev–Trinajstić information content (AvgIpc) is 2.21. The van der Waals surface area contributed by atoms with Gasteiger partial charge in [0.05, 0.1) is 0 Å². The lowest BCUT2D eigenvalue weighted by Gasteiger charge is -2.18. The number of halogens is 3. The minimum Gasteiger partial charge on any atom is -0.508 e. The number of phenols is 1. The fourth-order valence-electron chi connectivity index (χ4n) is 1.90. The Morgan fingerprint density at radius 3 is 2.29 bits per heavy atom. The zero-order valence-corrected chi connectivity index (χ0v) is 9.17. The Morgan fingerprint density at radius 1 is 1.18 bits per heavy atom. The molecule has 0 aliphatic heterocycles. The number of benzene rings is 1. The van der Waals surface area contributed by atoms with E-state index in [9.17, 15) is 13.2 Å². The summed E-state index contributed by atoms with van der Waals surface area (Å²) in [5.41, 5.74) is 0.266. The van der Waals surface area contributed by atoms with Gasteiger partial charge in [-0.25, -0.2) is 13.2 Å². The van der Waals surface area contributed by atoms with Crippen LogP contribution in [0.5, 0.6) is 5.75 Å². The van der Waals surface area contributed by atoms with Gasteiger partial charge < -0.3 is 5.11 Å². The van der Waals surface area contributed by atoms with Crippen molar-refractivity contribution in [3.05, 3.63) is 52.9 Å². The van der Waals surface area contributed by atoms with Crippen molar-refractivity contribution in [2.45, 2.75) is 19.3 Å². The van der Waals surface area contributed by atoms with Crippen LogP contribution >= 0.6 is 0 Å². The van der Waals surface area contributed by atoms with Crippen molar-refractivity contribution in [1.29, 1.82) is 0 Å². The fourth-order valence-corrected chi connectivity index (χ4v) is 1.90. The van der Waals surface area contributed by atoms with Crippen LogP contribution in [0.25, 0.3) is 0 Å². The van der Waals surface area contributed by atoms with E-state index in [4.69, 9.17) is 5.11 Å². The van der Waals surface area contributed by atoms with Gasteiger partial charge in [0.2, 0.25) is 0 Å². The highest BCUT2D eigenvalue weighted by atomic mass is 19.1. The summed E-state index contributed by atoms with van der Waals surface area (Å²) >= 11 is 0. The summed E-state index contributed by atoms with van der Waals surface area (Å²) in [6.45, 7) is 1.60. The third-order valence-electron chi connectivity index (χ3n) is 2.84. The van der Waals surface area contributed by atoms with Crippen molar-refractivity contribution in [3.63, 3.8) is 0 Å². The van der Waals surface area contributed by atoms with E-state index < -0.39 is 29.1 Å². The first-order chi connectivity index (χ1) is 7.99. The van der Waals surface area contributed by atoms with E-state index in [0.29, 0.717) is 12.0 Å². The predicted molar refractivity (Wildman–Crippen MR) is 58.3 cm³/mol. The molecule has 0 amide bonds. The van der Waals surface area contributed by atoms with Crippen LogP contribution < -0.4 is 0 Å². The van der Waals surface area contributed by atoms with Crippen molar-refractivity contribution < 1.29 is 18.3 Å². The Morgan fingerprint density at radius 2 is 1.76 bits per heavy atom. The van der Waals surface area contributed by atoms with Gasteiger partial charge in [0.1, 0.15) is 23.2 Å². The zero-order chi connectivity index (χ0) is 12.6. The molecule has 0 bridgehead atoms. The lowest BCUT2D eigenvalue weighted by molar-refractivity contribution is 0.454. The molecule has 0 radical (unpaired) electrons. The third-order valence-corrected chi connectivity index (χ3v) is 2.84. The number of rotatable bonds is 1. The molecule has 1 N–H and O–H groups in total. The van der Waals surface area contributed by atoms with E-state index in [0.717, 1.165) is 12.1 Å². The highest BCUT2D eigenvalue weighted by Gasteiger charge is 2.22. The molecule has 1 aromatic rings. The third kappa shape index (κ3) is 2.20. The van der Waals surface area contributed by atoms with Crippen molar-refractivity contribution in [3.8, 4) is 5.75 Å². The summed E-state index contributed by atoms with van der Waals surface area (Å²) < 4.78 is 40.4. The molecule has 1 aromatic carbocycles. The van der Waals surface area contributed by atoms with Crippen LogP contribution in [0.1, 0.15) is 24.8 Å². The lowest BCUT2D eigenvalue weighted by atomic mass is 9.89. The standard InChI is InChI=1S/C13H11F3O/c1-7-2-3-8(4-10(7)14)13-11(15)5-9(17)6-12(13)16/h2,4-6,8,17H,3H2,1H3. The van der Waals surface area contributed by atoms with Gasteiger partial charge >= 0.3 is 0 Å². The van der Waals surface area contributed by atoms with Gasteiger partial charge in [-0.2, -0.15) is 0 Å². The highest BCUT2D eigenvalue weighted by molar-refractivity contribution is 5.39. The van der Waals surface area contributed by atoms with Gasteiger partial charge in [-0.15, -0.1) is 0 Å². The second kappa shape index (κ2) is 4.28. The van der Waals surface area contributed by atoms with Crippen molar-refractivity contribution in [2.75, 3.05) is 0 Å². The molecular weight excluding hydrogens is 229 g/mol. The van der Waals surface area contributed by atoms with E-state index in [1.807, 2.05) is 0 Å². The highest BCUT2D eigenvalue weighted by Crippen LogP contribution is 2.35. The van der Waals surface area contributed by atoms with Crippen LogP contribution in [0.3, 0.4) is 0 Å². The number of phenolic OH excluding ortho intramolecular Hbond substituents is 1. The molecule has 0 heterocycles. The molecule has 0 spiro atoms. The van der Waals surface area contributed by atoms with Crippen molar-refractivity contribution >= 4 is 0 Å². The number of allylic oxidation sites excluding steroid dienone is 4. The first-order valence-electron chi connectivity index (χ1n) is 5.21. The molecule has 17 heavy (non-hydrogen) atoms. The van der Waals surface area contributed by atoms with Gasteiger partial charge in [0.25, 0.3) is 0 Å². The minimum absolute atomic E-state index is 0.207. The van der Waals surface area contributed by atoms with Crippen molar-refractivity contribution in [2.24, 2.45) is 0 Å². The van der Waals surface area contributed by atoms with E-state index in [1.54, 1.807) is 13.0 Å². The van der Waals surface area contributed by atoms with Crippen LogP contribution in [0.15, 0.2) is 35.7 Å².